The molecule has 3 aromatic rings. The third-order valence-corrected chi connectivity index (χ3v) is 6.14. The number of fused-ring (bicyclic) bond motifs is 2. The molecule has 9 heteroatoms. The van der Waals surface area contributed by atoms with Crippen LogP contribution in [0.25, 0.3) is 22.5 Å². The molecule has 1 aromatic carbocycles. The summed E-state index contributed by atoms with van der Waals surface area (Å²) < 4.78 is 22.2. The standard InChI is InChI=1S/C22H25FN6O2/c1-28-8-7-16(27-28)13-3-4-15(20(30)9-13)17-5-6-21(26-25-17)29(2)19-10-14-11-31-12-18(24-14)22(19)23/h3-9,14,18-19,22,24,30H,10-12H2,1-2H3/t14-,18+,19+,22-/m0/s1. The van der Waals surface area contributed by atoms with Crippen molar-refractivity contribution in [2.24, 2.45) is 7.05 Å². The number of aromatic nitrogens is 4. The van der Waals surface area contributed by atoms with E-state index in [0.717, 1.165) is 11.3 Å². The van der Waals surface area contributed by atoms with Gasteiger partial charge >= 0.3 is 0 Å². The highest BCUT2D eigenvalue weighted by atomic mass is 19.1. The number of benzene rings is 1. The van der Waals surface area contributed by atoms with Crippen LogP contribution in [-0.2, 0) is 11.8 Å². The van der Waals surface area contributed by atoms with E-state index in [0.29, 0.717) is 36.7 Å². The van der Waals surface area contributed by atoms with Gasteiger partial charge in [0.2, 0.25) is 0 Å². The van der Waals surface area contributed by atoms with Gasteiger partial charge in [-0.25, -0.2) is 4.39 Å². The molecule has 0 radical (unpaired) electrons. The first-order valence-corrected chi connectivity index (χ1v) is 10.4. The average Bonchev–Trinajstić information content (AvgIpc) is 3.22. The molecule has 162 valence electrons. The second kappa shape index (κ2) is 7.90. The zero-order valence-corrected chi connectivity index (χ0v) is 17.4. The fourth-order valence-corrected chi connectivity index (χ4v) is 4.42. The van der Waals surface area contributed by atoms with Gasteiger partial charge in [-0.15, -0.1) is 10.2 Å². The number of hydrogen-bond acceptors (Lipinski definition) is 7. The summed E-state index contributed by atoms with van der Waals surface area (Å²) in [6, 6.07) is 10.4. The molecule has 2 aliphatic heterocycles. The first-order chi connectivity index (χ1) is 15.0. The number of nitrogens with zero attached hydrogens (tertiary/aromatic N) is 5. The third-order valence-electron chi connectivity index (χ3n) is 6.14. The molecule has 2 fully saturated rings. The molecule has 0 amide bonds. The molecule has 0 aliphatic carbocycles. The minimum absolute atomic E-state index is 0.105. The number of anilines is 1. The van der Waals surface area contributed by atoms with Gasteiger partial charge in [0.25, 0.3) is 0 Å². The predicted molar refractivity (Wildman–Crippen MR) is 115 cm³/mol. The average molecular weight is 424 g/mol. The van der Waals surface area contributed by atoms with Gasteiger partial charge in [0.15, 0.2) is 5.82 Å². The summed E-state index contributed by atoms with van der Waals surface area (Å²) >= 11 is 0. The van der Waals surface area contributed by atoms with Crippen LogP contribution in [0.15, 0.2) is 42.6 Å². The SMILES string of the molecule is CN(c1ccc(-c2ccc(-c3ccn(C)n3)cc2O)nn1)[C@@H]1C[C@H]2COC[C@@H](N2)[C@@H]1F. The molecule has 0 spiro atoms. The number of phenolic OH excluding ortho intramolecular Hbond substituents is 1. The maximum absolute atomic E-state index is 15.0. The lowest BCUT2D eigenvalue weighted by Gasteiger charge is -2.45. The Bertz CT molecular complexity index is 1070. The van der Waals surface area contributed by atoms with Crippen molar-refractivity contribution in [2.75, 3.05) is 25.2 Å². The maximum atomic E-state index is 15.0. The van der Waals surface area contributed by atoms with Crippen LogP contribution in [0.2, 0.25) is 0 Å². The highest BCUT2D eigenvalue weighted by molar-refractivity contribution is 5.73. The number of phenols is 1. The Hall–Kier alpha value is -3.04. The van der Waals surface area contributed by atoms with Crippen molar-refractivity contribution >= 4 is 5.82 Å². The monoisotopic (exact) mass is 424 g/mol. The second-order valence-electron chi connectivity index (χ2n) is 8.25. The van der Waals surface area contributed by atoms with Gasteiger partial charge in [0.1, 0.15) is 11.9 Å². The number of aryl methyl sites for hydroxylation is 1. The number of morpholine rings is 1. The number of halogens is 1. The van der Waals surface area contributed by atoms with Gasteiger partial charge in [-0.05, 0) is 36.8 Å². The summed E-state index contributed by atoms with van der Waals surface area (Å²) in [5.41, 5.74) is 2.74. The maximum Gasteiger partial charge on any atom is 0.151 e. The molecule has 8 nitrogen and oxygen atoms in total. The fraction of sp³-hybridized carbons (Fsp3) is 0.409. The number of rotatable bonds is 4. The van der Waals surface area contributed by atoms with E-state index in [1.165, 1.54) is 0 Å². The summed E-state index contributed by atoms with van der Waals surface area (Å²) in [5.74, 6) is 0.704. The van der Waals surface area contributed by atoms with Crippen LogP contribution in [0.3, 0.4) is 0 Å². The van der Waals surface area contributed by atoms with Crippen LogP contribution in [-0.4, -0.2) is 69.6 Å². The molecule has 4 heterocycles. The van der Waals surface area contributed by atoms with Crippen LogP contribution in [0, 0.1) is 0 Å². The number of ether oxygens (including phenoxy) is 1. The minimum atomic E-state index is -1.05. The van der Waals surface area contributed by atoms with Gasteiger partial charge in [-0.3, -0.25) is 4.68 Å². The van der Waals surface area contributed by atoms with Crippen LogP contribution < -0.4 is 10.2 Å². The Morgan fingerprint density at radius 2 is 2.03 bits per heavy atom. The number of hydrogen-bond donors (Lipinski definition) is 2. The second-order valence-corrected chi connectivity index (χ2v) is 8.25. The van der Waals surface area contributed by atoms with Gasteiger partial charge in [0, 0.05) is 37.5 Å². The quantitative estimate of drug-likeness (QED) is 0.664. The number of nitrogens with one attached hydrogen (secondary N) is 1. The molecular weight excluding hydrogens is 399 g/mol. The van der Waals surface area contributed by atoms with Crippen LogP contribution in [0.1, 0.15) is 6.42 Å². The van der Waals surface area contributed by atoms with Crippen molar-refractivity contribution in [3.63, 3.8) is 0 Å². The van der Waals surface area contributed by atoms with Crippen molar-refractivity contribution in [3.05, 3.63) is 42.6 Å². The summed E-state index contributed by atoms with van der Waals surface area (Å²) in [7, 11) is 3.70. The lowest BCUT2D eigenvalue weighted by atomic mass is 9.90. The molecule has 0 unspecified atom stereocenters. The zero-order chi connectivity index (χ0) is 21.5. The Kier molecular flexibility index (Phi) is 5.07. The summed E-state index contributed by atoms with van der Waals surface area (Å²) in [5, 5.41) is 26.8. The van der Waals surface area contributed by atoms with Crippen LogP contribution in [0.4, 0.5) is 10.2 Å². The topological polar surface area (TPSA) is 88.3 Å². The van der Waals surface area contributed by atoms with E-state index in [2.05, 4.69) is 20.6 Å². The van der Waals surface area contributed by atoms with Crippen LogP contribution in [0.5, 0.6) is 5.75 Å². The molecule has 2 bridgehead atoms. The van der Waals surface area contributed by atoms with Gasteiger partial charge < -0.3 is 20.1 Å². The van der Waals surface area contributed by atoms with Gasteiger partial charge in [-0.2, -0.15) is 5.10 Å². The Balaban J connectivity index is 1.35. The summed E-state index contributed by atoms with van der Waals surface area (Å²) in [6.45, 7) is 0.992. The predicted octanol–water partition coefficient (Wildman–Crippen LogP) is 2.15. The van der Waals surface area contributed by atoms with Crippen molar-refractivity contribution in [1.82, 2.24) is 25.3 Å². The molecule has 2 N–H and O–H groups in total. The fourth-order valence-electron chi connectivity index (χ4n) is 4.42. The van der Waals surface area contributed by atoms with Crippen LogP contribution >= 0.6 is 0 Å². The molecule has 5 rings (SSSR count). The highest BCUT2D eigenvalue weighted by Crippen LogP contribution is 2.33. The molecular formula is C22H25FN6O2. The highest BCUT2D eigenvalue weighted by Gasteiger charge is 2.42. The van der Waals surface area contributed by atoms with Crippen molar-refractivity contribution in [3.8, 4) is 28.3 Å². The smallest absolute Gasteiger partial charge is 0.151 e. The summed E-state index contributed by atoms with van der Waals surface area (Å²) in [4.78, 5) is 1.86. The molecule has 2 saturated heterocycles. The Morgan fingerprint density at radius 1 is 1.16 bits per heavy atom. The third kappa shape index (κ3) is 3.75. The zero-order valence-electron chi connectivity index (χ0n) is 17.4. The summed E-state index contributed by atoms with van der Waals surface area (Å²) in [6.07, 6.45) is 1.45. The van der Waals surface area contributed by atoms with E-state index in [-0.39, 0.29) is 23.9 Å². The molecule has 0 saturated carbocycles. The normalized spacial score (nSPS) is 25.4. The number of piperidine rings is 1. The lowest BCUT2D eigenvalue weighted by Crippen LogP contribution is -2.65. The van der Waals surface area contributed by atoms with E-state index in [4.69, 9.17) is 4.74 Å². The lowest BCUT2D eigenvalue weighted by molar-refractivity contribution is -0.0175. The molecule has 2 aliphatic rings. The molecule has 4 atom stereocenters. The van der Waals surface area contributed by atoms with E-state index >= 15 is 0 Å². The van der Waals surface area contributed by atoms with Crippen molar-refractivity contribution in [1.29, 1.82) is 0 Å². The van der Waals surface area contributed by atoms with E-state index in [1.807, 2.05) is 43.4 Å². The Morgan fingerprint density at radius 3 is 2.74 bits per heavy atom. The van der Waals surface area contributed by atoms with E-state index in [9.17, 15) is 9.50 Å². The van der Waals surface area contributed by atoms with Gasteiger partial charge in [0.05, 0.1) is 36.7 Å². The molecule has 2 aromatic heterocycles. The number of aromatic hydroxyl groups is 1. The number of alkyl halides is 1. The Labute approximate surface area is 179 Å². The minimum Gasteiger partial charge on any atom is -0.507 e. The largest absolute Gasteiger partial charge is 0.507 e. The van der Waals surface area contributed by atoms with Gasteiger partial charge in [-0.1, -0.05) is 6.07 Å². The first kappa shape index (κ1) is 19.9. The van der Waals surface area contributed by atoms with E-state index in [1.54, 1.807) is 22.9 Å². The first-order valence-electron chi connectivity index (χ1n) is 10.4. The molecule has 31 heavy (non-hydrogen) atoms. The van der Waals surface area contributed by atoms with Crippen molar-refractivity contribution in [2.45, 2.75) is 30.7 Å². The van der Waals surface area contributed by atoms with Crippen molar-refractivity contribution < 1.29 is 14.2 Å². The van der Waals surface area contributed by atoms with E-state index < -0.39 is 6.17 Å².